The average molecular weight is 485 g/mol. The Hall–Kier alpha value is -3.54. The van der Waals surface area contributed by atoms with Crippen molar-refractivity contribution in [1.29, 1.82) is 0 Å². The number of fused-ring (bicyclic) bond motifs is 4. The predicted octanol–water partition coefficient (Wildman–Crippen LogP) is 6.60. The van der Waals surface area contributed by atoms with Gasteiger partial charge in [0.15, 0.2) is 0 Å². The maximum absolute atomic E-state index is 14.0. The van der Waals surface area contributed by atoms with E-state index in [-0.39, 0.29) is 12.0 Å². The summed E-state index contributed by atoms with van der Waals surface area (Å²) in [6, 6.07) is 13.6. The number of benzene rings is 2. The molecule has 3 heterocycles. The van der Waals surface area contributed by atoms with E-state index in [0.717, 1.165) is 65.4 Å². The van der Waals surface area contributed by atoms with Crippen LogP contribution in [0.25, 0.3) is 16.5 Å². The Bertz CT molecular complexity index is 1350. The molecule has 1 aromatic heterocycles. The van der Waals surface area contributed by atoms with Gasteiger partial charge in [0.2, 0.25) is 0 Å². The lowest BCUT2D eigenvalue weighted by Gasteiger charge is -2.44. The Morgan fingerprint density at radius 1 is 1.00 bits per heavy atom. The lowest BCUT2D eigenvalue weighted by molar-refractivity contribution is -0.158. The maximum atomic E-state index is 14.0. The highest BCUT2D eigenvalue weighted by Crippen LogP contribution is 2.53. The number of pyridine rings is 1. The van der Waals surface area contributed by atoms with Crippen LogP contribution in [-0.4, -0.2) is 30.8 Å². The molecule has 1 spiro atoms. The van der Waals surface area contributed by atoms with E-state index in [9.17, 15) is 4.79 Å². The zero-order chi connectivity index (χ0) is 24.7. The fraction of sp³-hybridized carbons (Fsp3) is 0.400. The first-order valence-electron chi connectivity index (χ1n) is 13.0. The molecule has 1 atom stereocenters. The Labute approximate surface area is 211 Å². The molecule has 0 saturated heterocycles. The summed E-state index contributed by atoms with van der Waals surface area (Å²) in [5, 5.41) is 4.71. The molecule has 1 saturated carbocycles. The molecule has 1 aliphatic carbocycles. The number of rotatable bonds is 3. The van der Waals surface area contributed by atoms with Crippen LogP contribution in [0.15, 0.2) is 54.2 Å². The van der Waals surface area contributed by atoms with Crippen molar-refractivity contribution in [2.45, 2.75) is 63.0 Å². The normalized spacial score (nSPS) is 21.1. The molecule has 0 bridgehead atoms. The topological polar surface area (TPSA) is 69.7 Å². The standard InChI is InChI=1S/C30H32N2O4/c1-34-19-10-11-21(25(17-19)35-2)28-27-22(18-30(36-29(27)33)14-6-4-3-5-7-15-30)26-20-9-8-16-31-23(20)12-13-24(26)32-28/h8-13,16-17,28,32H,3-7,14-15,18H2,1-2H3. The van der Waals surface area contributed by atoms with Crippen LogP contribution < -0.4 is 14.8 Å². The molecule has 6 heteroatoms. The molecular formula is C30H32N2O4. The molecule has 36 heavy (non-hydrogen) atoms. The molecule has 3 aromatic rings. The molecule has 6 nitrogen and oxygen atoms in total. The van der Waals surface area contributed by atoms with Gasteiger partial charge in [-0.05, 0) is 61.6 Å². The van der Waals surface area contributed by atoms with Crippen molar-refractivity contribution in [3.63, 3.8) is 0 Å². The lowest BCUT2D eigenvalue weighted by Crippen LogP contribution is -2.43. The molecule has 1 unspecified atom stereocenters. The third-order valence-electron chi connectivity index (χ3n) is 8.04. The molecule has 186 valence electrons. The minimum Gasteiger partial charge on any atom is -0.497 e. The van der Waals surface area contributed by atoms with Gasteiger partial charge < -0.3 is 19.5 Å². The number of aromatic nitrogens is 1. The zero-order valence-electron chi connectivity index (χ0n) is 20.9. The van der Waals surface area contributed by atoms with Crippen LogP contribution in [0, 0.1) is 0 Å². The minimum atomic E-state index is -0.441. The number of nitrogens with zero attached hydrogens (tertiary/aromatic N) is 1. The van der Waals surface area contributed by atoms with Crippen molar-refractivity contribution >= 4 is 28.1 Å². The van der Waals surface area contributed by atoms with Gasteiger partial charge >= 0.3 is 5.97 Å². The minimum absolute atomic E-state index is 0.223. The summed E-state index contributed by atoms with van der Waals surface area (Å²) in [6.45, 7) is 0. The molecule has 2 aromatic carbocycles. The van der Waals surface area contributed by atoms with Crippen molar-refractivity contribution in [3.8, 4) is 11.5 Å². The summed E-state index contributed by atoms with van der Waals surface area (Å²) in [5.74, 6) is 1.15. The van der Waals surface area contributed by atoms with Gasteiger partial charge in [0, 0.05) is 40.9 Å². The van der Waals surface area contributed by atoms with Gasteiger partial charge in [-0.1, -0.05) is 25.3 Å². The lowest BCUT2D eigenvalue weighted by atomic mass is 9.74. The van der Waals surface area contributed by atoms with Crippen LogP contribution in [0.4, 0.5) is 5.69 Å². The van der Waals surface area contributed by atoms with Crippen LogP contribution in [0.3, 0.4) is 0 Å². The summed E-state index contributed by atoms with van der Waals surface area (Å²) < 4.78 is 17.6. The van der Waals surface area contributed by atoms with Gasteiger partial charge in [-0.2, -0.15) is 0 Å². The fourth-order valence-electron chi connectivity index (χ4n) is 6.29. The largest absolute Gasteiger partial charge is 0.497 e. The quantitative estimate of drug-likeness (QED) is 0.422. The van der Waals surface area contributed by atoms with Crippen LogP contribution in [0.2, 0.25) is 0 Å². The summed E-state index contributed by atoms with van der Waals surface area (Å²) in [6.07, 6.45) is 10.2. The first-order valence-corrected chi connectivity index (χ1v) is 13.0. The van der Waals surface area contributed by atoms with Crippen molar-refractivity contribution < 1.29 is 19.0 Å². The summed E-state index contributed by atoms with van der Waals surface area (Å²) in [5.41, 5.74) is 5.22. The third-order valence-corrected chi connectivity index (χ3v) is 8.04. The highest BCUT2D eigenvalue weighted by Gasteiger charge is 2.46. The molecule has 0 radical (unpaired) electrons. The Balaban J connectivity index is 1.56. The van der Waals surface area contributed by atoms with Gasteiger partial charge in [0.25, 0.3) is 0 Å². The van der Waals surface area contributed by atoms with Gasteiger partial charge in [0.1, 0.15) is 17.1 Å². The van der Waals surface area contributed by atoms with E-state index < -0.39 is 5.60 Å². The summed E-state index contributed by atoms with van der Waals surface area (Å²) in [4.78, 5) is 18.6. The van der Waals surface area contributed by atoms with E-state index in [2.05, 4.69) is 22.4 Å². The number of hydrogen-bond acceptors (Lipinski definition) is 6. The SMILES string of the molecule is COc1ccc(C2Nc3ccc4ncccc4c3C3=C2C(=O)OC2(CCCCCCC2)C3)c(OC)c1. The molecular weight excluding hydrogens is 452 g/mol. The van der Waals surface area contributed by atoms with Crippen LogP contribution in [-0.2, 0) is 9.53 Å². The maximum Gasteiger partial charge on any atom is 0.337 e. The second kappa shape index (κ2) is 9.16. The van der Waals surface area contributed by atoms with E-state index in [1.165, 1.54) is 19.3 Å². The van der Waals surface area contributed by atoms with Gasteiger partial charge in [-0.25, -0.2) is 4.79 Å². The first-order chi connectivity index (χ1) is 17.6. The van der Waals surface area contributed by atoms with Crippen LogP contribution in [0.5, 0.6) is 11.5 Å². The van der Waals surface area contributed by atoms with Crippen molar-refractivity contribution in [2.75, 3.05) is 19.5 Å². The van der Waals surface area contributed by atoms with Crippen molar-refractivity contribution in [3.05, 3.63) is 65.4 Å². The molecule has 2 aliphatic heterocycles. The number of nitrogens with one attached hydrogen (secondary N) is 1. The monoisotopic (exact) mass is 484 g/mol. The number of carbonyl (C=O) groups excluding carboxylic acids is 1. The smallest absolute Gasteiger partial charge is 0.337 e. The zero-order valence-corrected chi connectivity index (χ0v) is 20.9. The molecule has 6 rings (SSSR count). The van der Waals surface area contributed by atoms with Gasteiger partial charge in [-0.15, -0.1) is 0 Å². The molecule has 3 aliphatic rings. The van der Waals surface area contributed by atoms with Crippen molar-refractivity contribution in [2.24, 2.45) is 0 Å². The van der Waals surface area contributed by atoms with E-state index in [1.54, 1.807) is 14.2 Å². The number of esters is 1. The third kappa shape index (κ3) is 3.80. The van der Waals surface area contributed by atoms with E-state index >= 15 is 0 Å². The number of methoxy groups -OCH3 is 2. The van der Waals surface area contributed by atoms with Gasteiger partial charge in [0.05, 0.1) is 31.4 Å². The van der Waals surface area contributed by atoms with Crippen molar-refractivity contribution in [1.82, 2.24) is 4.98 Å². The van der Waals surface area contributed by atoms with E-state index in [4.69, 9.17) is 14.2 Å². The number of ether oxygens (including phenoxy) is 3. The second-order valence-electron chi connectivity index (χ2n) is 10.2. The summed E-state index contributed by atoms with van der Waals surface area (Å²) in [7, 11) is 3.28. The van der Waals surface area contributed by atoms with E-state index in [0.29, 0.717) is 17.1 Å². The number of anilines is 1. The molecule has 0 amide bonds. The highest BCUT2D eigenvalue weighted by atomic mass is 16.6. The Kier molecular flexibility index (Phi) is 5.82. The fourth-order valence-corrected chi connectivity index (χ4v) is 6.29. The number of hydrogen-bond donors (Lipinski definition) is 1. The summed E-state index contributed by atoms with van der Waals surface area (Å²) >= 11 is 0. The average Bonchev–Trinajstić information content (AvgIpc) is 2.89. The highest BCUT2D eigenvalue weighted by molar-refractivity contribution is 6.10. The molecule has 1 N–H and O–H groups in total. The van der Waals surface area contributed by atoms with Gasteiger partial charge in [-0.3, -0.25) is 4.98 Å². The Morgan fingerprint density at radius 2 is 1.81 bits per heavy atom. The Morgan fingerprint density at radius 3 is 2.58 bits per heavy atom. The number of carbonyl (C=O) groups is 1. The molecule has 1 fully saturated rings. The first kappa shape index (κ1) is 22.9. The van der Waals surface area contributed by atoms with E-state index in [1.807, 2.05) is 36.5 Å². The van der Waals surface area contributed by atoms with Crippen LogP contribution >= 0.6 is 0 Å². The second-order valence-corrected chi connectivity index (χ2v) is 10.2. The predicted molar refractivity (Wildman–Crippen MR) is 140 cm³/mol. The van der Waals surface area contributed by atoms with Crippen LogP contribution in [0.1, 0.15) is 68.5 Å².